The fourth-order valence-electron chi connectivity index (χ4n) is 3.51. The van der Waals surface area contributed by atoms with E-state index >= 15 is 0 Å². The summed E-state index contributed by atoms with van der Waals surface area (Å²) in [7, 11) is 0. The summed E-state index contributed by atoms with van der Waals surface area (Å²) in [6.45, 7) is 0. The van der Waals surface area contributed by atoms with Crippen LogP contribution in [0.5, 0.6) is 0 Å². The number of aromatic nitrogens is 4. The van der Waals surface area contributed by atoms with Crippen LogP contribution in [0.3, 0.4) is 0 Å². The van der Waals surface area contributed by atoms with Gasteiger partial charge in [0.1, 0.15) is 5.82 Å². The van der Waals surface area contributed by atoms with Crippen molar-refractivity contribution < 1.29 is 0 Å². The molecule has 0 atom stereocenters. The Morgan fingerprint density at radius 3 is 2.83 bits per heavy atom. The van der Waals surface area contributed by atoms with E-state index in [9.17, 15) is 0 Å². The van der Waals surface area contributed by atoms with Crippen LogP contribution < -0.4 is 10.6 Å². The fraction of sp³-hybridized carbons (Fsp3) is 0.136. The molecule has 3 aromatic heterocycles. The van der Waals surface area contributed by atoms with Crippen LogP contribution >= 0.6 is 11.3 Å². The van der Waals surface area contributed by atoms with Crippen molar-refractivity contribution in [2.45, 2.75) is 18.8 Å². The van der Waals surface area contributed by atoms with Crippen molar-refractivity contribution in [1.82, 2.24) is 20.2 Å². The number of hydrogen-bond donors (Lipinski definition) is 3. The van der Waals surface area contributed by atoms with Crippen LogP contribution in [0.15, 0.2) is 60.0 Å². The molecule has 0 bridgehead atoms. The maximum absolute atomic E-state index is 4.75. The van der Waals surface area contributed by atoms with Crippen molar-refractivity contribution >= 4 is 55.6 Å². The number of benzene rings is 2. The molecule has 1 fully saturated rings. The smallest absolute Gasteiger partial charge is 0.229 e. The summed E-state index contributed by atoms with van der Waals surface area (Å²) in [6, 6.07) is 18.5. The third-order valence-electron chi connectivity index (χ3n) is 5.18. The zero-order valence-corrected chi connectivity index (χ0v) is 16.3. The molecule has 0 amide bonds. The molecule has 3 heterocycles. The standard InChI is InChI=1S/C22H18N6S/c1-2-4-17-16(3-1)21(25-20-12-18(27-28-20)13-5-6-13)26-22(24-17)23-15-8-7-14-9-10-29-19(14)11-15/h1-4,7-13H,5-6H2,(H3,23,24,25,26,27,28). The van der Waals surface area contributed by atoms with Crippen molar-refractivity contribution in [1.29, 1.82) is 0 Å². The number of H-pyrrole nitrogens is 1. The van der Waals surface area contributed by atoms with Crippen LogP contribution in [-0.2, 0) is 0 Å². The topological polar surface area (TPSA) is 78.5 Å². The lowest BCUT2D eigenvalue weighted by atomic mass is 10.2. The van der Waals surface area contributed by atoms with Gasteiger partial charge in [-0.15, -0.1) is 11.3 Å². The van der Waals surface area contributed by atoms with Gasteiger partial charge in [0.05, 0.1) is 5.52 Å². The first-order chi connectivity index (χ1) is 14.3. The molecule has 6 rings (SSSR count). The summed E-state index contributed by atoms with van der Waals surface area (Å²) < 4.78 is 1.23. The Bertz CT molecular complexity index is 1330. The minimum absolute atomic E-state index is 0.556. The Kier molecular flexibility index (Phi) is 3.73. The molecular weight excluding hydrogens is 380 g/mol. The van der Waals surface area contributed by atoms with E-state index < -0.39 is 0 Å². The van der Waals surface area contributed by atoms with Gasteiger partial charge in [-0.25, -0.2) is 4.98 Å². The summed E-state index contributed by atoms with van der Waals surface area (Å²) >= 11 is 1.72. The number of hydrogen-bond acceptors (Lipinski definition) is 6. The van der Waals surface area contributed by atoms with Gasteiger partial charge in [-0.2, -0.15) is 10.1 Å². The monoisotopic (exact) mass is 398 g/mol. The van der Waals surface area contributed by atoms with Crippen molar-refractivity contribution in [3.8, 4) is 0 Å². The number of rotatable bonds is 5. The van der Waals surface area contributed by atoms with Gasteiger partial charge in [-0.3, -0.25) is 5.10 Å². The molecule has 142 valence electrons. The molecule has 0 saturated heterocycles. The number of aromatic amines is 1. The highest BCUT2D eigenvalue weighted by atomic mass is 32.1. The Balaban J connectivity index is 1.37. The lowest BCUT2D eigenvalue weighted by Crippen LogP contribution is -2.02. The fourth-order valence-corrected chi connectivity index (χ4v) is 4.34. The molecule has 3 N–H and O–H groups in total. The van der Waals surface area contributed by atoms with E-state index in [1.165, 1.54) is 28.6 Å². The normalized spacial score (nSPS) is 13.8. The van der Waals surface area contributed by atoms with Gasteiger partial charge in [0.25, 0.3) is 0 Å². The zero-order valence-electron chi connectivity index (χ0n) is 15.5. The van der Waals surface area contributed by atoms with E-state index in [1.807, 2.05) is 24.3 Å². The number of nitrogens with one attached hydrogen (secondary N) is 3. The molecule has 6 nitrogen and oxygen atoms in total. The van der Waals surface area contributed by atoms with Crippen molar-refractivity contribution in [2.75, 3.05) is 10.6 Å². The molecule has 7 heteroatoms. The van der Waals surface area contributed by atoms with Crippen LogP contribution in [-0.4, -0.2) is 20.2 Å². The maximum atomic E-state index is 4.75. The summed E-state index contributed by atoms with van der Waals surface area (Å²) in [4.78, 5) is 9.44. The molecule has 0 spiro atoms. The number of nitrogens with zero attached hydrogens (tertiary/aromatic N) is 3. The number of thiophene rings is 1. The van der Waals surface area contributed by atoms with Gasteiger partial charge < -0.3 is 10.6 Å². The van der Waals surface area contributed by atoms with E-state index in [2.05, 4.69) is 56.5 Å². The third-order valence-corrected chi connectivity index (χ3v) is 6.06. The first kappa shape index (κ1) is 16.5. The van der Waals surface area contributed by atoms with Gasteiger partial charge in [0, 0.05) is 33.5 Å². The van der Waals surface area contributed by atoms with Crippen LogP contribution in [0, 0.1) is 0 Å². The maximum Gasteiger partial charge on any atom is 0.229 e. The lowest BCUT2D eigenvalue weighted by Gasteiger charge is -2.11. The second kappa shape index (κ2) is 6.56. The van der Waals surface area contributed by atoms with Gasteiger partial charge >= 0.3 is 0 Å². The molecule has 29 heavy (non-hydrogen) atoms. The van der Waals surface area contributed by atoms with Crippen LogP contribution in [0.25, 0.3) is 21.0 Å². The average Bonchev–Trinajstić information content (AvgIpc) is 3.30. The number of anilines is 4. The zero-order chi connectivity index (χ0) is 19.2. The van der Waals surface area contributed by atoms with E-state index in [0.717, 1.165) is 28.2 Å². The third kappa shape index (κ3) is 3.19. The summed E-state index contributed by atoms with van der Waals surface area (Å²) in [5.74, 6) is 2.70. The Labute approximate surface area is 171 Å². The van der Waals surface area contributed by atoms with Gasteiger partial charge in [0.15, 0.2) is 5.82 Å². The van der Waals surface area contributed by atoms with E-state index in [4.69, 9.17) is 9.97 Å². The Morgan fingerprint density at radius 2 is 1.90 bits per heavy atom. The summed E-state index contributed by atoms with van der Waals surface area (Å²) in [5, 5.41) is 18.6. The molecule has 2 aromatic carbocycles. The SMILES string of the molecule is c1ccc2c(Nc3cc(C4CC4)[nH]n3)nc(Nc3ccc4ccsc4c3)nc2c1. The first-order valence-corrected chi connectivity index (χ1v) is 10.5. The molecule has 0 radical (unpaired) electrons. The highest BCUT2D eigenvalue weighted by Gasteiger charge is 2.25. The van der Waals surface area contributed by atoms with Gasteiger partial charge in [-0.1, -0.05) is 18.2 Å². The van der Waals surface area contributed by atoms with Crippen LogP contribution in [0.2, 0.25) is 0 Å². The largest absolute Gasteiger partial charge is 0.324 e. The van der Waals surface area contributed by atoms with E-state index in [-0.39, 0.29) is 0 Å². The predicted molar refractivity (Wildman–Crippen MR) is 118 cm³/mol. The molecule has 1 aliphatic carbocycles. The van der Waals surface area contributed by atoms with Crippen LogP contribution in [0.1, 0.15) is 24.5 Å². The highest BCUT2D eigenvalue weighted by Crippen LogP contribution is 2.40. The van der Waals surface area contributed by atoms with Gasteiger partial charge in [-0.05, 0) is 53.9 Å². The summed E-state index contributed by atoms with van der Waals surface area (Å²) in [6.07, 6.45) is 2.47. The van der Waals surface area contributed by atoms with E-state index in [0.29, 0.717) is 11.9 Å². The molecule has 0 unspecified atom stereocenters. The minimum Gasteiger partial charge on any atom is -0.324 e. The quantitative estimate of drug-likeness (QED) is 0.342. The number of fused-ring (bicyclic) bond motifs is 2. The van der Waals surface area contributed by atoms with Crippen LogP contribution in [0.4, 0.5) is 23.3 Å². The minimum atomic E-state index is 0.556. The highest BCUT2D eigenvalue weighted by molar-refractivity contribution is 7.17. The lowest BCUT2D eigenvalue weighted by molar-refractivity contribution is 0.966. The molecule has 1 saturated carbocycles. The second-order valence-corrected chi connectivity index (χ2v) is 8.27. The Hall–Kier alpha value is -3.45. The van der Waals surface area contributed by atoms with E-state index in [1.54, 1.807) is 11.3 Å². The van der Waals surface area contributed by atoms with Crippen molar-refractivity contribution in [2.24, 2.45) is 0 Å². The molecular formula is C22H18N6S. The second-order valence-electron chi connectivity index (χ2n) is 7.32. The molecule has 0 aliphatic heterocycles. The first-order valence-electron chi connectivity index (χ1n) is 9.65. The van der Waals surface area contributed by atoms with Crippen molar-refractivity contribution in [3.05, 3.63) is 65.7 Å². The van der Waals surface area contributed by atoms with Crippen molar-refractivity contribution in [3.63, 3.8) is 0 Å². The Morgan fingerprint density at radius 1 is 0.966 bits per heavy atom. The predicted octanol–water partition coefficient (Wildman–Crippen LogP) is 5.93. The van der Waals surface area contributed by atoms with Gasteiger partial charge in [0.2, 0.25) is 5.95 Å². The average molecular weight is 398 g/mol. The molecule has 1 aliphatic rings. The number of para-hydroxylation sites is 1. The molecule has 5 aromatic rings. The summed E-state index contributed by atoms with van der Waals surface area (Å²) in [5.41, 5.74) is 3.04.